The first-order chi connectivity index (χ1) is 6.11. The number of nitrogens with zero attached hydrogens (tertiary/aromatic N) is 1. The third-order valence-corrected chi connectivity index (χ3v) is 2.33. The highest BCUT2D eigenvalue weighted by Crippen LogP contribution is 2.25. The number of carbonyl (C=O) groups excluding carboxylic acids is 1. The Labute approximate surface area is 75.9 Å². The maximum Gasteiger partial charge on any atom is 0.228 e. The van der Waals surface area contributed by atoms with E-state index in [1.54, 1.807) is 17.7 Å². The van der Waals surface area contributed by atoms with E-state index in [4.69, 9.17) is 4.42 Å². The molecule has 0 spiro atoms. The molecule has 2 rings (SSSR count). The molecule has 0 atom stereocenters. The maximum absolute atomic E-state index is 11.2. The summed E-state index contributed by atoms with van der Waals surface area (Å²) in [5, 5.41) is 0. The van der Waals surface area contributed by atoms with Gasteiger partial charge in [-0.3, -0.25) is 9.36 Å². The molecule has 0 fully saturated rings. The summed E-state index contributed by atoms with van der Waals surface area (Å²) in [5.41, 5.74) is 2.71. The van der Waals surface area contributed by atoms with E-state index in [-0.39, 0.29) is 5.91 Å². The summed E-state index contributed by atoms with van der Waals surface area (Å²) < 4.78 is 7.07. The second kappa shape index (κ2) is 2.49. The van der Waals surface area contributed by atoms with Crippen LogP contribution in [0.4, 0.5) is 0 Å². The van der Waals surface area contributed by atoms with Crippen LogP contribution in [0.25, 0.3) is 11.1 Å². The average molecular weight is 177 g/mol. The summed E-state index contributed by atoms with van der Waals surface area (Å²) in [4.78, 5) is 11.2. The van der Waals surface area contributed by atoms with Gasteiger partial charge in [0.25, 0.3) is 0 Å². The van der Waals surface area contributed by atoms with Gasteiger partial charge in [-0.05, 0) is 19.9 Å². The molecule has 3 nitrogen and oxygen atoms in total. The lowest BCUT2D eigenvalue weighted by molar-refractivity contribution is 0.0941. The van der Waals surface area contributed by atoms with Crippen LogP contribution in [0.2, 0.25) is 0 Å². The topological polar surface area (TPSA) is 35.1 Å². The molecule has 0 aromatic carbocycles. The van der Waals surface area contributed by atoms with Crippen LogP contribution in [-0.2, 0) is 0 Å². The van der Waals surface area contributed by atoms with E-state index in [0.29, 0.717) is 0 Å². The van der Waals surface area contributed by atoms with Crippen molar-refractivity contribution in [1.29, 1.82) is 0 Å². The van der Waals surface area contributed by atoms with E-state index in [9.17, 15) is 4.79 Å². The van der Waals surface area contributed by atoms with Crippen molar-refractivity contribution >= 4 is 17.0 Å². The van der Waals surface area contributed by atoms with E-state index in [1.165, 1.54) is 0 Å². The van der Waals surface area contributed by atoms with Crippen molar-refractivity contribution in [3.63, 3.8) is 0 Å². The van der Waals surface area contributed by atoms with Crippen molar-refractivity contribution < 1.29 is 9.21 Å². The van der Waals surface area contributed by atoms with Crippen LogP contribution in [0.15, 0.2) is 16.7 Å². The Kier molecular flexibility index (Phi) is 1.55. The maximum atomic E-state index is 11.2. The van der Waals surface area contributed by atoms with Crippen LogP contribution in [0.1, 0.15) is 23.0 Å². The van der Waals surface area contributed by atoms with E-state index in [1.807, 2.05) is 19.9 Å². The van der Waals surface area contributed by atoms with E-state index >= 15 is 0 Å². The van der Waals surface area contributed by atoms with Crippen LogP contribution in [-0.4, -0.2) is 10.5 Å². The number of rotatable bonds is 0. The number of fused-ring (bicyclic) bond motifs is 1. The molecule has 0 radical (unpaired) electrons. The number of hydrogen-bond donors (Lipinski definition) is 0. The number of carbonyl (C=O) groups is 1. The Bertz CT molecular complexity index is 476. The van der Waals surface area contributed by atoms with Gasteiger partial charge in [0.15, 0.2) is 5.58 Å². The first-order valence-electron chi connectivity index (χ1n) is 4.19. The highest BCUT2D eigenvalue weighted by molar-refractivity contribution is 5.91. The minimum absolute atomic E-state index is 0.0129. The summed E-state index contributed by atoms with van der Waals surface area (Å²) in [6.07, 6.45) is 1.74. The van der Waals surface area contributed by atoms with Crippen molar-refractivity contribution in [3.8, 4) is 0 Å². The molecule has 3 heteroatoms. The molecule has 0 aliphatic carbocycles. The van der Waals surface area contributed by atoms with Gasteiger partial charge in [-0.2, -0.15) is 0 Å². The molecule has 2 aromatic heterocycles. The lowest BCUT2D eigenvalue weighted by Crippen LogP contribution is -2.03. The van der Waals surface area contributed by atoms with Gasteiger partial charge in [0.2, 0.25) is 5.91 Å². The van der Waals surface area contributed by atoms with Crippen LogP contribution in [0.3, 0.4) is 0 Å². The summed E-state index contributed by atoms with van der Waals surface area (Å²) in [5.74, 6) is 0.888. The SMILES string of the molecule is CC(=O)n1ccc2oc(C)c(C)c21. The third-order valence-electron chi connectivity index (χ3n) is 2.33. The van der Waals surface area contributed by atoms with Crippen molar-refractivity contribution in [2.45, 2.75) is 20.8 Å². The molecular weight excluding hydrogens is 166 g/mol. The second-order valence-corrected chi connectivity index (χ2v) is 3.20. The molecule has 0 N–H and O–H groups in total. The largest absolute Gasteiger partial charge is 0.459 e. The predicted molar refractivity (Wildman–Crippen MR) is 50.0 cm³/mol. The lowest BCUT2D eigenvalue weighted by Gasteiger charge is -1.96. The van der Waals surface area contributed by atoms with Gasteiger partial charge in [0, 0.05) is 18.7 Å². The van der Waals surface area contributed by atoms with Gasteiger partial charge in [-0.25, -0.2) is 0 Å². The van der Waals surface area contributed by atoms with Gasteiger partial charge in [-0.1, -0.05) is 0 Å². The van der Waals surface area contributed by atoms with Crippen molar-refractivity contribution in [1.82, 2.24) is 4.57 Å². The molecular formula is C10H11NO2. The zero-order chi connectivity index (χ0) is 9.59. The van der Waals surface area contributed by atoms with Crippen molar-refractivity contribution in [2.24, 2.45) is 0 Å². The van der Waals surface area contributed by atoms with E-state index in [2.05, 4.69) is 0 Å². The number of hydrogen-bond acceptors (Lipinski definition) is 2. The first-order valence-corrected chi connectivity index (χ1v) is 4.19. The fraction of sp³-hybridized carbons (Fsp3) is 0.300. The monoisotopic (exact) mass is 177 g/mol. The lowest BCUT2D eigenvalue weighted by atomic mass is 10.2. The standard InChI is InChI=1S/C10H11NO2/c1-6-7(2)13-9-4-5-11(8(3)12)10(6)9/h4-5H,1-3H3. The highest BCUT2D eigenvalue weighted by atomic mass is 16.3. The summed E-state index contributed by atoms with van der Waals surface area (Å²) in [6, 6.07) is 1.82. The summed E-state index contributed by atoms with van der Waals surface area (Å²) >= 11 is 0. The van der Waals surface area contributed by atoms with Crippen LogP contribution in [0.5, 0.6) is 0 Å². The van der Waals surface area contributed by atoms with Crippen molar-refractivity contribution in [2.75, 3.05) is 0 Å². The summed E-state index contributed by atoms with van der Waals surface area (Å²) in [6.45, 7) is 5.40. The van der Waals surface area contributed by atoms with E-state index < -0.39 is 0 Å². The Morgan fingerprint density at radius 2 is 2.15 bits per heavy atom. The Morgan fingerprint density at radius 3 is 2.77 bits per heavy atom. The van der Waals surface area contributed by atoms with Gasteiger partial charge < -0.3 is 4.42 Å². The highest BCUT2D eigenvalue weighted by Gasteiger charge is 2.12. The van der Waals surface area contributed by atoms with Gasteiger partial charge in [0.05, 0.1) is 5.52 Å². The van der Waals surface area contributed by atoms with Gasteiger partial charge in [-0.15, -0.1) is 0 Å². The molecule has 0 aliphatic heterocycles. The second-order valence-electron chi connectivity index (χ2n) is 3.20. The van der Waals surface area contributed by atoms with Crippen LogP contribution in [0, 0.1) is 13.8 Å². The fourth-order valence-electron chi connectivity index (χ4n) is 1.53. The fourth-order valence-corrected chi connectivity index (χ4v) is 1.53. The van der Waals surface area contributed by atoms with Gasteiger partial charge in [0.1, 0.15) is 5.76 Å². The number of aromatic nitrogens is 1. The van der Waals surface area contributed by atoms with Crippen LogP contribution >= 0.6 is 0 Å². The molecule has 0 saturated carbocycles. The predicted octanol–water partition coefficient (Wildman–Crippen LogP) is 2.51. The molecule has 0 saturated heterocycles. The number of furan rings is 1. The Hall–Kier alpha value is -1.51. The normalized spacial score (nSPS) is 11.0. The molecule has 0 aliphatic rings. The smallest absolute Gasteiger partial charge is 0.228 e. The summed E-state index contributed by atoms with van der Waals surface area (Å²) in [7, 11) is 0. The Morgan fingerprint density at radius 1 is 1.46 bits per heavy atom. The zero-order valence-corrected chi connectivity index (χ0v) is 7.92. The number of aryl methyl sites for hydroxylation is 2. The quantitative estimate of drug-likeness (QED) is 0.619. The third kappa shape index (κ3) is 1.00. The average Bonchev–Trinajstić information content (AvgIpc) is 2.55. The minimum atomic E-state index is 0.0129. The molecule has 2 aromatic rings. The molecule has 0 bridgehead atoms. The molecule has 68 valence electrons. The molecule has 0 unspecified atom stereocenters. The van der Waals surface area contributed by atoms with Gasteiger partial charge >= 0.3 is 0 Å². The zero-order valence-electron chi connectivity index (χ0n) is 7.92. The van der Waals surface area contributed by atoms with Crippen molar-refractivity contribution in [3.05, 3.63) is 23.6 Å². The molecule has 0 amide bonds. The van der Waals surface area contributed by atoms with Crippen LogP contribution < -0.4 is 0 Å². The minimum Gasteiger partial charge on any atom is -0.459 e. The Balaban J connectivity index is 2.85. The first kappa shape index (κ1) is 8.10. The molecule has 2 heterocycles. The van der Waals surface area contributed by atoms with E-state index in [0.717, 1.165) is 22.4 Å². The molecule has 13 heavy (non-hydrogen) atoms.